The van der Waals surface area contributed by atoms with Crippen molar-refractivity contribution in [3.63, 3.8) is 0 Å². The molecular weight excluding hydrogens is 202 g/mol. The van der Waals surface area contributed by atoms with Crippen LogP contribution in [0, 0.1) is 12.3 Å². The van der Waals surface area contributed by atoms with E-state index in [-0.39, 0.29) is 17.1 Å². The first-order chi connectivity index (χ1) is 7.31. The van der Waals surface area contributed by atoms with Gasteiger partial charge in [-0.15, -0.1) is 0 Å². The van der Waals surface area contributed by atoms with E-state index in [2.05, 4.69) is 26.1 Å². The molecule has 0 aliphatic carbocycles. The smallest absolute Gasteiger partial charge is 0.251 e. The molecule has 1 aromatic rings. The van der Waals surface area contributed by atoms with Crippen LogP contribution in [0.25, 0.3) is 0 Å². The Morgan fingerprint density at radius 3 is 2.56 bits per heavy atom. The first-order valence-corrected chi connectivity index (χ1v) is 5.38. The molecule has 3 heteroatoms. The summed E-state index contributed by atoms with van der Waals surface area (Å²) in [5.74, 6) is 0.0201. The van der Waals surface area contributed by atoms with Crippen LogP contribution in [-0.4, -0.2) is 17.6 Å². The highest BCUT2D eigenvalue weighted by Crippen LogP contribution is 2.19. The molecule has 16 heavy (non-hydrogen) atoms. The SMILES string of the molecule is Cc1c(O)cccc1C(=O)NCC(C)(C)C. The van der Waals surface area contributed by atoms with E-state index in [0.29, 0.717) is 17.7 Å². The van der Waals surface area contributed by atoms with E-state index in [9.17, 15) is 9.90 Å². The van der Waals surface area contributed by atoms with Crippen molar-refractivity contribution in [2.75, 3.05) is 6.54 Å². The Balaban J connectivity index is 2.78. The van der Waals surface area contributed by atoms with Crippen LogP contribution in [0.4, 0.5) is 0 Å². The van der Waals surface area contributed by atoms with E-state index in [1.54, 1.807) is 25.1 Å². The van der Waals surface area contributed by atoms with Crippen molar-refractivity contribution >= 4 is 5.91 Å². The van der Waals surface area contributed by atoms with Gasteiger partial charge in [0.25, 0.3) is 5.91 Å². The minimum atomic E-state index is -0.136. The first kappa shape index (κ1) is 12.6. The van der Waals surface area contributed by atoms with Crippen LogP contribution < -0.4 is 5.32 Å². The third kappa shape index (κ3) is 3.26. The molecule has 2 N–H and O–H groups in total. The summed E-state index contributed by atoms with van der Waals surface area (Å²) < 4.78 is 0. The minimum absolute atomic E-state index is 0.0559. The lowest BCUT2D eigenvalue weighted by atomic mass is 9.96. The third-order valence-corrected chi connectivity index (χ3v) is 2.33. The third-order valence-electron chi connectivity index (χ3n) is 2.33. The summed E-state index contributed by atoms with van der Waals surface area (Å²) in [5.41, 5.74) is 1.21. The summed E-state index contributed by atoms with van der Waals surface area (Å²) in [5, 5.41) is 12.4. The lowest BCUT2D eigenvalue weighted by Crippen LogP contribution is -2.32. The summed E-state index contributed by atoms with van der Waals surface area (Å²) >= 11 is 0. The van der Waals surface area contributed by atoms with Crippen LogP contribution >= 0.6 is 0 Å². The van der Waals surface area contributed by atoms with Gasteiger partial charge in [0.15, 0.2) is 0 Å². The van der Waals surface area contributed by atoms with Crippen molar-refractivity contribution in [3.8, 4) is 5.75 Å². The molecule has 0 saturated heterocycles. The van der Waals surface area contributed by atoms with Crippen LogP contribution in [0.15, 0.2) is 18.2 Å². The Hall–Kier alpha value is -1.51. The van der Waals surface area contributed by atoms with E-state index in [0.717, 1.165) is 0 Å². The number of carbonyl (C=O) groups is 1. The lowest BCUT2D eigenvalue weighted by molar-refractivity contribution is 0.0938. The van der Waals surface area contributed by atoms with Crippen LogP contribution in [0.2, 0.25) is 0 Å². The number of nitrogens with one attached hydrogen (secondary N) is 1. The van der Waals surface area contributed by atoms with E-state index in [1.807, 2.05) is 0 Å². The number of rotatable bonds is 2. The molecule has 0 heterocycles. The Kier molecular flexibility index (Phi) is 3.58. The van der Waals surface area contributed by atoms with Crippen LogP contribution in [0.3, 0.4) is 0 Å². The Morgan fingerprint density at radius 1 is 1.38 bits per heavy atom. The maximum Gasteiger partial charge on any atom is 0.251 e. The van der Waals surface area contributed by atoms with Crippen LogP contribution in [0.5, 0.6) is 5.75 Å². The van der Waals surface area contributed by atoms with E-state index in [4.69, 9.17) is 0 Å². The Labute approximate surface area is 96.5 Å². The highest BCUT2D eigenvalue weighted by molar-refractivity contribution is 5.96. The average Bonchev–Trinajstić information content (AvgIpc) is 2.17. The van der Waals surface area contributed by atoms with Crippen LogP contribution in [-0.2, 0) is 0 Å². The van der Waals surface area contributed by atoms with Gasteiger partial charge < -0.3 is 10.4 Å². The summed E-state index contributed by atoms with van der Waals surface area (Å²) in [4.78, 5) is 11.8. The van der Waals surface area contributed by atoms with Gasteiger partial charge in [0.2, 0.25) is 0 Å². The fourth-order valence-corrected chi connectivity index (χ4v) is 1.31. The van der Waals surface area contributed by atoms with Crippen molar-refractivity contribution in [1.82, 2.24) is 5.32 Å². The molecule has 0 fully saturated rings. The van der Waals surface area contributed by atoms with Crippen molar-refractivity contribution in [2.24, 2.45) is 5.41 Å². The number of benzene rings is 1. The second-order valence-electron chi connectivity index (χ2n) is 5.19. The van der Waals surface area contributed by atoms with Gasteiger partial charge in [-0.3, -0.25) is 4.79 Å². The fraction of sp³-hybridized carbons (Fsp3) is 0.462. The normalized spacial score (nSPS) is 11.2. The van der Waals surface area contributed by atoms with E-state index < -0.39 is 0 Å². The number of phenolic OH excluding ortho intramolecular Hbond substituents is 1. The maximum atomic E-state index is 11.8. The van der Waals surface area contributed by atoms with E-state index >= 15 is 0 Å². The molecule has 0 aromatic heterocycles. The lowest BCUT2D eigenvalue weighted by Gasteiger charge is -2.19. The fourth-order valence-electron chi connectivity index (χ4n) is 1.31. The average molecular weight is 221 g/mol. The molecule has 1 aromatic carbocycles. The first-order valence-electron chi connectivity index (χ1n) is 5.38. The predicted octanol–water partition coefficient (Wildman–Crippen LogP) is 2.48. The molecule has 0 radical (unpaired) electrons. The molecule has 0 saturated carbocycles. The quantitative estimate of drug-likeness (QED) is 0.806. The molecule has 0 spiro atoms. The number of carbonyl (C=O) groups excluding carboxylic acids is 1. The summed E-state index contributed by atoms with van der Waals surface area (Å²) in [6.45, 7) is 8.52. The second-order valence-corrected chi connectivity index (χ2v) is 5.19. The maximum absolute atomic E-state index is 11.8. The standard InChI is InChI=1S/C13H19NO2/c1-9-10(6-5-7-11(9)15)12(16)14-8-13(2,3)4/h5-7,15H,8H2,1-4H3,(H,14,16). The van der Waals surface area contributed by atoms with Gasteiger partial charge in [-0.1, -0.05) is 26.8 Å². The number of hydrogen-bond donors (Lipinski definition) is 2. The molecule has 0 aliphatic rings. The van der Waals surface area contributed by atoms with Gasteiger partial charge in [-0.2, -0.15) is 0 Å². The zero-order chi connectivity index (χ0) is 12.3. The summed E-state index contributed by atoms with van der Waals surface area (Å²) in [6, 6.07) is 4.97. The highest BCUT2D eigenvalue weighted by atomic mass is 16.3. The molecule has 1 amide bonds. The van der Waals surface area contributed by atoms with Crippen molar-refractivity contribution in [3.05, 3.63) is 29.3 Å². The van der Waals surface area contributed by atoms with Gasteiger partial charge in [0.05, 0.1) is 0 Å². The highest BCUT2D eigenvalue weighted by Gasteiger charge is 2.15. The number of aromatic hydroxyl groups is 1. The second kappa shape index (κ2) is 4.56. The number of hydrogen-bond acceptors (Lipinski definition) is 2. The molecule has 0 bridgehead atoms. The van der Waals surface area contributed by atoms with Gasteiger partial charge in [-0.05, 0) is 24.5 Å². The van der Waals surface area contributed by atoms with E-state index in [1.165, 1.54) is 0 Å². The van der Waals surface area contributed by atoms with Gasteiger partial charge in [-0.25, -0.2) is 0 Å². The zero-order valence-electron chi connectivity index (χ0n) is 10.3. The van der Waals surface area contributed by atoms with Crippen molar-refractivity contribution < 1.29 is 9.90 Å². The minimum Gasteiger partial charge on any atom is -0.508 e. The monoisotopic (exact) mass is 221 g/mol. The predicted molar refractivity (Wildman–Crippen MR) is 64.6 cm³/mol. The molecule has 0 atom stereocenters. The molecule has 88 valence electrons. The summed E-state index contributed by atoms with van der Waals surface area (Å²) in [6.07, 6.45) is 0. The molecule has 1 rings (SSSR count). The van der Waals surface area contributed by atoms with Gasteiger partial charge in [0.1, 0.15) is 5.75 Å². The summed E-state index contributed by atoms with van der Waals surface area (Å²) in [7, 11) is 0. The van der Waals surface area contributed by atoms with Gasteiger partial charge in [0, 0.05) is 17.7 Å². The number of phenols is 1. The van der Waals surface area contributed by atoms with Crippen molar-refractivity contribution in [1.29, 1.82) is 0 Å². The topological polar surface area (TPSA) is 49.3 Å². The molecule has 0 aliphatic heterocycles. The van der Waals surface area contributed by atoms with Crippen LogP contribution in [0.1, 0.15) is 36.7 Å². The Bertz CT molecular complexity index is 391. The molecular formula is C13H19NO2. The largest absolute Gasteiger partial charge is 0.508 e. The van der Waals surface area contributed by atoms with Crippen molar-refractivity contribution in [2.45, 2.75) is 27.7 Å². The zero-order valence-corrected chi connectivity index (χ0v) is 10.3. The van der Waals surface area contributed by atoms with Gasteiger partial charge >= 0.3 is 0 Å². The Morgan fingerprint density at radius 2 is 2.00 bits per heavy atom. The molecule has 0 unspecified atom stereocenters. The number of amides is 1. The molecule has 3 nitrogen and oxygen atoms in total.